The number of nitrogens with zero attached hydrogens (tertiary/aromatic N) is 2. The average Bonchev–Trinajstić information content (AvgIpc) is 3.54. The van der Waals surface area contributed by atoms with E-state index in [1.54, 1.807) is 30.3 Å². The highest BCUT2D eigenvalue weighted by molar-refractivity contribution is 7.92. The first-order valence-corrected chi connectivity index (χ1v) is 15.2. The molecule has 5 rings (SSSR count). The van der Waals surface area contributed by atoms with E-state index in [-0.39, 0.29) is 17.2 Å². The number of hydrogen-bond donors (Lipinski definition) is 3. The Balaban J connectivity index is 1.42. The lowest BCUT2D eigenvalue weighted by molar-refractivity contribution is -0.134. The summed E-state index contributed by atoms with van der Waals surface area (Å²) >= 11 is 0.968. The van der Waals surface area contributed by atoms with Gasteiger partial charge in [0.15, 0.2) is 22.3 Å². The molecule has 3 N–H and O–H groups in total. The Morgan fingerprint density at radius 3 is 2.55 bits per heavy atom. The number of hydrogen-bond acceptors (Lipinski definition) is 11. The third kappa shape index (κ3) is 6.28. The summed E-state index contributed by atoms with van der Waals surface area (Å²) in [5.74, 6) is -1.14. The number of anilines is 2. The molecule has 42 heavy (non-hydrogen) atoms. The van der Waals surface area contributed by atoms with Crippen molar-refractivity contribution in [3.63, 3.8) is 0 Å². The second kappa shape index (κ2) is 11.7. The Labute approximate surface area is 244 Å². The topological polar surface area (TPSA) is 182 Å². The molecule has 0 aliphatic carbocycles. The number of carbonyl (C=O) groups excluding carboxylic acids is 4. The quantitative estimate of drug-likeness (QED) is 0.238. The van der Waals surface area contributed by atoms with Crippen molar-refractivity contribution in [2.75, 3.05) is 36.6 Å². The lowest BCUT2D eigenvalue weighted by Crippen LogP contribution is -2.49. The van der Waals surface area contributed by atoms with Crippen molar-refractivity contribution in [1.82, 2.24) is 15.2 Å². The van der Waals surface area contributed by atoms with Crippen LogP contribution in [0.5, 0.6) is 11.5 Å². The van der Waals surface area contributed by atoms with Gasteiger partial charge >= 0.3 is 12.0 Å². The molecule has 0 spiro atoms. The van der Waals surface area contributed by atoms with Crippen molar-refractivity contribution in [1.29, 1.82) is 0 Å². The number of carbonyl (C=O) groups is 4. The van der Waals surface area contributed by atoms with Crippen molar-refractivity contribution in [2.24, 2.45) is 0 Å². The van der Waals surface area contributed by atoms with Crippen LogP contribution in [0, 0.1) is 0 Å². The molecule has 1 fully saturated rings. The molecule has 0 saturated carbocycles. The van der Waals surface area contributed by atoms with E-state index >= 15 is 0 Å². The maximum Gasteiger partial charge on any atom is 0.357 e. The summed E-state index contributed by atoms with van der Waals surface area (Å²) in [5.41, 5.74) is 1.26. The number of benzene rings is 2. The predicted molar refractivity (Wildman–Crippen MR) is 150 cm³/mol. The van der Waals surface area contributed by atoms with Crippen molar-refractivity contribution < 1.29 is 41.8 Å². The second-order valence-corrected chi connectivity index (χ2v) is 11.9. The van der Waals surface area contributed by atoms with Crippen LogP contribution in [0.15, 0.2) is 47.8 Å². The number of nitrogens with one attached hydrogen (secondary N) is 3. The van der Waals surface area contributed by atoms with Crippen molar-refractivity contribution >= 4 is 56.0 Å². The lowest BCUT2D eigenvalue weighted by Gasteiger charge is -2.24. The van der Waals surface area contributed by atoms with Gasteiger partial charge in [0.2, 0.25) is 15.9 Å². The molecule has 3 heterocycles. The molecule has 2 aliphatic rings. The number of rotatable bonds is 9. The molecule has 0 radical (unpaired) electrons. The molecule has 16 heteroatoms. The van der Waals surface area contributed by atoms with Crippen LogP contribution in [-0.2, 0) is 30.8 Å². The average molecular weight is 616 g/mol. The molecule has 1 aromatic heterocycles. The van der Waals surface area contributed by atoms with Crippen LogP contribution >= 0.6 is 11.3 Å². The smallest absolute Gasteiger partial charge is 0.357 e. The van der Waals surface area contributed by atoms with E-state index in [1.165, 1.54) is 24.6 Å². The predicted octanol–water partition coefficient (Wildman–Crippen LogP) is 1.92. The Morgan fingerprint density at radius 1 is 1.14 bits per heavy atom. The molecule has 3 aromatic rings. The van der Waals surface area contributed by atoms with Gasteiger partial charge in [0.1, 0.15) is 25.3 Å². The summed E-state index contributed by atoms with van der Waals surface area (Å²) in [6, 6.07) is 7.81. The first kappa shape index (κ1) is 28.8. The number of esters is 1. The number of aromatic nitrogens is 1. The highest BCUT2D eigenvalue weighted by atomic mass is 32.2. The van der Waals surface area contributed by atoms with Gasteiger partial charge in [0, 0.05) is 17.5 Å². The minimum atomic E-state index is -3.51. The molecular weight excluding hydrogens is 590 g/mol. The molecule has 2 aliphatic heterocycles. The van der Waals surface area contributed by atoms with Crippen LogP contribution in [-0.4, -0.2) is 74.7 Å². The van der Waals surface area contributed by atoms with Crippen molar-refractivity contribution in [3.05, 3.63) is 64.7 Å². The number of fused-ring (bicyclic) bond motifs is 1. The number of sulfonamides is 1. The van der Waals surface area contributed by atoms with Gasteiger partial charge in [-0.15, -0.1) is 11.3 Å². The second-order valence-electron chi connectivity index (χ2n) is 9.30. The van der Waals surface area contributed by atoms with E-state index in [0.29, 0.717) is 41.5 Å². The first-order chi connectivity index (χ1) is 20.0. The number of amides is 4. The lowest BCUT2D eigenvalue weighted by atomic mass is 10.0. The van der Waals surface area contributed by atoms with Crippen molar-refractivity contribution in [2.45, 2.75) is 18.5 Å². The van der Waals surface area contributed by atoms with Crippen LogP contribution in [0.1, 0.15) is 27.7 Å². The van der Waals surface area contributed by atoms with E-state index in [4.69, 9.17) is 9.47 Å². The molecule has 220 valence electrons. The van der Waals surface area contributed by atoms with Gasteiger partial charge in [-0.25, -0.2) is 27.9 Å². The summed E-state index contributed by atoms with van der Waals surface area (Å²) in [6.07, 6.45) is 0.911. The van der Waals surface area contributed by atoms with Gasteiger partial charge in [-0.2, -0.15) is 0 Å². The van der Waals surface area contributed by atoms with Crippen LogP contribution < -0.4 is 24.8 Å². The Morgan fingerprint density at radius 2 is 1.86 bits per heavy atom. The summed E-state index contributed by atoms with van der Waals surface area (Å²) < 4.78 is 41.2. The monoisotopic (exact) mass is 615 g/mol. The summed E-state index contributed by atoms with van der Waals surface area (Å²) in [6.45, 7) is 0.726. The van der Waals surface area contributed by atoms with Gasteiger partial charge in [0.25, 0.3) is 5.91 Å². The van der Waals surface area contributed by atoms with E-state index in [0.717, 1.165) is 22.5 Å². The fourth-order valence-electron chi connectivity index (χ4n) is 4.42. The summed E-state index contributed by atoms with van der Waals surface area (Å²) in [5, 5.41) is 6.67. The third-order valence-electron chi connectivity index (χ3n) is 6.30. The minimum Gasteiger partial charge on any atom is -0.486 e. The van der Waals surface area contributed by atoms with Crippen LogP contribution in [0.25, 0.3) is 0 Å². The van der Waals surface area contributed by atoms with E-state index in [1.807, 2.05) is 0 Å². The highest BCUT2D eigenvalue weighted by Gasteiger charge is 2.45. The largest absolute Gasteiger partial charge is 0.486 e. The molecule has 4 amide bonds. The van der Waals surface area contributed by atoms with Crippen LogP contribution in [0.2, 0.25) is 0 Å². The molecule has 2 unspecified atom stereocenters. The maximum atomic E-state index is 13.7. The third-order valence-corrected chi connectivity index (χ3v) is 7.66. The van der Waals surface area contributed by atoms with E-state index < -0.39 is 45.9 Å². The molecule has 2 atom stereocenters. The van der Waals surface area contributed by atoms with Gasteiger partial charge < -0.3 is 24.8 Å². The standard InChI is InChI=1S/C26H25N5O9S2/c1-38-24(34)17-13-41-25(27-17)29-22(32)18(11-14-3-6-16(7-4-14)30-42(2,36)37)31-23(33)21(28-26(31)35)15-5-8-19-20(12-15)40-10-9-39-19/h3-8,12-13,18,21,30H,9-11H2,1-2H3,(H,28,35)(H,27,29,32). The van der Waals surface area contributed by atoms with Gasteiger partial charge in [-0.1, -0.05) is 18.2 Å². The normalized spacial score (nSPS) is 16.9. The molecule has 14 nitrogen and oxygen atoms in total. The van der Waals surface area contributed by atoms with E-state index in [9.17, 15) is 27.6 Å². The van der Waals surface area contributed by atoms with Gasteiger partial charge in [0.05, 0.1) is 13.4 Å². The number of ether oxygens (including phenoxy) is 3. The first-order valence-electron chi connectivity index (χ1n) is 12.5. The molecule has 0 bridgehead atoms. The maximum absolute atomic E-state index is 13.7. The number of imide groups is 1. The Hall–Kier alpha value is -4.70. The van der Waals surface area contributed by atoms with Crippen molar-refractivity contribution in [3.8, 4) is 11.5 Å². The fourth-order valence-corrected chi connectivity index (χ4v) is 5.67. The SMILES string of the molecule is COC(=O)c1csc(NC(=O)C(Cc2ccc(NS(C)(=O)=O)cc2)N2C(=O)NC(c3ccc4c(c3)OCCO4)C2=O)n1. The minimum absolute atomic E-state index is 0.0167. The number of urea groups is 1. The van der Waals surface area contributed by atoms with E-state index in [2.05, 4.69) is 25.1 Å². The Bertz CT molecular complexity index is 1660. The summed E-state index contributed by atoms with van der Waals surface area (Å²) in [7, 11) is -2.31. The number of methoxy groups -OCH3 is 1. The van der Waals surface area contributed by atoms with Gasteiger partial charge in [-0.3, -0.25) is 14.3 Å². The van der Waals surface area contributed by atoms with Crippen LogP contribution in [0.4, 0.5) is 15.6 Å². The molecule has 2 aromatic carbocycles. The van der Waals surface area contributed by atoms with Crippen LogP contribution in [0.3, 0.4) is 0 Å². The fraction of sp³-hybridized carbons (Fsp3) is 0.269. The highest BCUT2D eigenvalue weighted by Crippen LogP contribution is 2.35. The number of thiazole rings is 1. The molecular formula is C26H25N5O9S2. The zero-order valence-corrected chi connectivity index (χ0v) is 23.9. The zero-order chi connectivity index (χ0) is 30.0. The summed E-state index contributed by atoms with van der Waals surface area (Å²) in [4.78, 5) is 57.1. The Kier molecular flexibility index (Phi) is 8.00. The van der Waals surface area contributed by atoms with Gasteiger partial charge in [-0.05, 0) is 35.4 Å². The molecule has 1 saturated heterocycles. The zero-order valence-electron chi connectivity index (χ0n) is 22.3.